The molecule has 48 heavy (non-hydrogen) atoms. The van der Waals surface area contributed by atoms with E-state index >= 15 is 0 Å². The van der Waals surface area contributed by atoms with E-state index in [4.69, 9.17) is 23.2 Å². The molecule has 2 N–H and O–H groups in total. The summed E-state index contributed by atoms with van der Waals surface area (Å²) in [5.41, 5.74) is 2.99. The SMILES string of the molecule is CCN1CCC(n2cc(C(Nc3cc(Cl)c4ncc(C#N)c(Nc5ccc(F)c(Cl)c5)c4c3)c3ccc(OC(F)(F)F)cc3)nn2)CC1. The van der Waals surface area contributed by atoms with Crippen molar-refractivity contribution in [1.82, 2.24) is 24.9 Å². The van der Waals surface area contributed by atoms with Gasteiger partial charge in [-0.05, 0) is 67.4 Å². The lowest BCUT2D eigenvalue weighted by Crippen LogP contribution is -2.34. The van der Waals surface area contributed by atoms with Gasteiger partial charge in [-0.25, -0.2) is 9.07 Å². The maximum Gasteiger partial charge on any atom is 0.573 e. The highest BCUT2D eigenvalue weighted by atomic mass is 35.5. The van der Waals surface area contributed by atoms with Gasteiger partial charge in [-0.1, -0.05) is 47.5 Å². The molecule has 0 amide bonds. The molecule has 3 aromatic carbocycles. The second-order valence-electron chi connectivity index (χ2n) is 11.2. The Morgan fingerprint density at radius 1 is 1.04 bits per heavy atom. The van der Waals surface area contributed by atoms with Crippen LogP contribution in [0.4, 0.5) is 34.6 Å². The number of rotatable bonds is 9. The third kappa shape index (κ3) is 7.41. The van der Waals surface area contributed by atoms with Gasteiger partial charge in [-0.3, -0.25) is 4.98 Å². The summed E-state index contributed by atoms with van der Waals surface area (Å²) in [5, 5.41) is 26.0. The standard InChI is InChI=1S/C33H28Cl2F4N8O/c1-2-46-11-9-23(10-12-46)47-18-29(44-45-47)31(19-3-6-24(7-4-19)48-33(37,38)39)43-22-13-25-30(42-21-5-8-28(36)26(34)14-21)20(16-40)17-41-32(25)27(35)15-22/h3-8,13-15,17-18,23,31,43H,2,9-12H2,1H3,(H,41,42). The van der Waals surface area contributed by atoms with E-state index in [9.17, 15) is 22.8 Å². The normalized spacial score (nSPS) is 14.9. The fraction of sp³-hybridized carbons (Fsp3) is 0.273. The van der Waals surface area contributed by atoms with Gasteiger partial charge in [0.05, 0.1) is 45.1 Å². The number of pyridine rings is 1. The second kappa shape index (κ2) is 13.8. The lowest BCUT2D eigenvalue weighted by molar-refractivity contribution is -0.274. The first kappa shape index (κ1) is 33.3. The number of aromatic nitrogens is 4. The van der Waals surface area contributed by atoms with Crippen LogP contribution in [0, 0.1) is 17.1 Å². The van der Waals surface area contributed by atoms with Crippen molar-refractivity contribution >= 4 is 51.2 Å². The number of ether oxygens (including phenoxy) is 1. The van der Waals surface area contributed by atoms with Crippen molar-refractivity contribution in [2.45, 2.75) is 38.2 Å². The quantitative estimate of drug-likeness (QED) is 0.148. The Morgan fingerprint density at radius 2 is 1.77 bits per heavy atom. The van der Waals surface area contributed by atoms with Crippen LogP contribution in [0.15, 0.2) is 67.0 Å². The van der Waals surface area contributed by atoms with Gasteiger partial charge in [0, 0.05) is 36.0 Å². The van der Waals surface area contributed by atoms with Crippen molar-refractivity contribution in [1.29, 1.82) is 5.26 Å². The van der Waals surface area contributed by atoms with E-state index in [0.717, 1.165) is 32.5 Å². The molecule has 0 spiro atoms. The van der Waals surface area contributed by atoms with Crippen molar-refractivity contribution in [2.75, 3.05) is 30.3 Å². The van der Waals surface area contributed by atoms with Crippen LogP contribution in [0.1, 0.15) is 48.7 Å². The summed E-state index contributed by atoms with van der Waals surface area (Å²) in [6, 6.07) is 14.5. The van der Waals surface area contributed by atoms with Crippen molar-refractivity contribution in [3.05, 3.63) is 99.7 Å². The number of nitriles is 1. The number of alkyl halides is 3. The molecular weight excluding hydrogens is 671 g/mol. The summed E-state index contributed by atoms with van der Waals surface area (Å²) in [6.07, 6.45) is 0.195. The monoisotopic (exact) mass is 698 g/mol. The molecular formula is C33H28Cl2F4N8O. The number of nitrogens with one attached hydrogen (secondary N) is 2. The zero-order valence-electron chi connectivity index (χ0n) is 25.4. The average Bonchev–Trinajstić information content (AvgIpc) is 3.55. The molecule has 0 bridgehead atoms. The predicted octanol–water partition coefficient (Wildman–Crippen LogP) is 8.64. The van der Waals surface area contributed by atoms with Crippen LogP contribution in [-0.4, -0.2) is 50.9 Å². The van der Waals surface area contributed by atoms with Gasteiger partial charge >= 0.3 is 6.36 Å². The van der Waals surface area contributed by atoms with Gasteiger partial charge in [0.2, 0.25) is 0 Å². The summed E-state index contributed by atoms with van der Waals surface area (Å²) < 4.78 is 58.4. The summed E-state index contributed by atoms with van der Waals surface area (Å²) in [7, 11) is 0. The van der Waals surface area contributed by atoms with Crippen LogP contribution in [0.3, 0.4) is 0 Å². The zero-order chi connectivity index (χ0) is 34.0. The highest BCUT2D eigenvalue weighted by Gasteiger charge is 2.31. The van der Waals surface area contributed by atoms with Gasteiger partial charge in [0.15, 0.2) is 0 Å². The van der Waals surface area contributed by atoms with E-state index in [1.807, 2.05) is 10.9 Å². The molecule has 1 fully saturated rings. The lowest BCUT2D eigenvalue weighted by atomic mass is 10.0. The average molecular weight is 700 g/mol. The fourth-order valence-electron chi connectivity index (χ4n) is 5.74. The first-order chi connectivity index (χ1) is 23.0. The van der Waals surface area contributed by atoms with Crippen molar-refractivity contribution in [3.8, 4) is 11.8 Å². The molecule has 9 nitrogen and oxygen atoms in total. The van der Waals surface area contributed by atoms with E-state index in [0.29, 0.717) is 39.2 Å². The molecule has 1 atom stereocenters. The molecule has 1 aliphatic heterocycles. The molecule has 0 radical (unpaired) electrons. The van der Waals surface area contributed by atoms with Crippen LogP contribution in [-0.2, 0) is 0 Å². The topological polar surface area (TPSA) is 104 Å². The smallest absolute Gasteiger partial charge is 0.406 e. The molecule has 1 unspecified atom stereocenters. The van der Waals surface area contributed by atoms with Crippen LogP contribution >= 0.6 is 23.2 Å². The number of hydrogen-bond donors (Lipinski definition) is 2. The molecule has 2 aromatic heterocycles. The molecule has 3 heterocycles. The number of anilines is 3. The van der Waals surface area contributed by atoms with Crippen molar-refractivity contribution < 1.29 is 22.3 Å². The van der Waals surface area contributed by atoms with Crippen LogP contribution < -0.4 is 15.4 Å². The fourth-order valence-corrected chi connectivity index (χ4v) is 6.19. The van der Waals surface area contributed by atoms with Crippen LogP contribution in [0.25, 0.3) is 10.9 Å². The summed E-state index contributed by atoms with van der Waals surface area (Å²) in [5.74, 6) is -0.957. The highest BCUT2D eigenvalue weighted by Crippen LogP contribution is 2.38. The second-order valence-corrected chi connectivity index (χ2v) is 12.1. The maximum absolute atomic E-state index is 13.9. The third-order valence-electron chi connectivity index (χ3n) is 8.19. The molecule has 6 rings (SSSR count). The predicted molar refractivity (Wildman–Crippen MR) is 175 cm³/mol. The van der Waals surface area contributed by atoms with Gasteiger partial charge in [0.1, 0.15) is 23.3 Å². The van der Waals surface area contributed by atoms with E-state index in [1.165, 1.54) is 48.7 Å². The van der Waals surface area contributed by atoms with Gasteiger partial charge in [-0.15, -0.1) is 18.3 Å². The largest absolute Gasteiger partial charge is 0.573 e. The number of nitrogens with zero attached hydrogens (tertiary/aromatic N) is 6. The Bertz CT molecular complexity index is 1970. The first-order valence-electron chi connectivity index (χ1n) is 15.0. The van der Waals surface area contributed by atoms with Gasteiger partial charge in [0.25, 0.3) is 0 Å². The number of piperidine rings is 1. The van der Waals surface area contributed by atoms with Gasteiger partial charge < -0.3 is 20.3 Å². The summed E-state index contributed by atoms with van der Waals surface area (Å²) >= 11 is 12.7. The minimum Gasteiger partial charge on any atom is -0.406 e. The van der Waals surface area contributed by atoms with Gasteiger partial charge in [-0.2, -0.15) is 5.26 Å². The molecule has 1 aliphatic rings. The maximum atomic E-state index is 13.9. The Hall–Kier alpha value is -4.64. The van der Waals surface area contributed by atoms with Crippen LogP contribution in [0.2, 0.25) is 10.0 Å². The van der Waals surface area contributed by atoms with E-state index < -0.39 is 18.2 Å². The minimum absolute atomic E-state index is 0.101. The number of fused-ring (bicyclic) bond motifs is 1. The first-order valence-corrected chi connectivity index (χ1v) is 15.8. The minimum atomic E-state index is -4.83. The molecule has 15 heteroatoms. The number of likely N-dealkylation sites (tertiary alicyclic amines) is 1. The Morgan fingerprint density at radius 3 is 2.44 bits per heavy atom. The third-order valence-corrected chi connectivity index (χ3v) is 8.77. The Balaban J connectivity index is 1.39. The highest BCUT2D eigenvalue weighted by molar-refractivity contribution is 6.36. The van der Waals surface area contributed by atoms with E-state index in [1.54, 1.807) is 12.1 Å². The molecule has 1 saturated heterocycles. The summed E-state index contributed by atoms with van der Waals surface area (Å²) in [6.45, 7) is 4.98. The summed E-state index contributed by atoms with van der Waals surface area (Å²) in [4.78, 5) is 6.75. The molecule has 0 aliphatic carbocycles. The van der Waals surface area contributed by atoms with E-state index in [-0.39, 0.29) is 27.4 Å². The lowest BCUT2D eigenvalue weighted by Gasteiger charge is -2.30. The van der Waals surface area contributed by atoms with Crippen LogP contribution in [0.5, 0.6) is 5.75 Å². The number of halogens is 6. The zero-order valence-corrected chi connectivity index (χ0v) is 26.9. The number of hydrogen-bond acceptors (Lipinski definition) is 8. The molecule has 248 valence electrons. The van der Waals surface area contributed by atoms with Crippen molar-refractivity contribution in [2.24, 2.45) is 0 Å². The molecule has 5 aromatic rings. The van der Waals surface area contributed by atoms with Crippen molar-refractivity contribution in [3.63, 3.8) is 0 Å². The molecule has 0 saturated carbocycles. The Labute approximate surface area is 283 Å². The number of benzene rings is 3. The van der Waals surface area contributed by atoms with E-state index in [2.05, 4.69) is 48.6 Å². The Kier molecular flexibility index (Phi) is 9.59.